The van der Waals surface area contributed by atoms with E-state index in [0.29, 0.717) is 0 Å². The minimum Gasteiger partial charge on any atom is -0.311 e. The van der Waals surface area contributed by atoms with Gasteiger partial charge in [-0.1, -0.05) is 29.4 Å². The standard InChI is InChI=1S/C13H13ClN4S2/c14-11-5-4-10(20-11)9-15-6-8-19-13-17-16-12-3-1-2-7-18(12)13/h1-5,7,15H,6,8-9H2. The minimum atomic E-state index is 0.839. The van der Waals surface area contributed by atoms with Crippen LogP contribution in [0.5, 0.6) is 0 Å². The number of halogens is 1. The van der Waals surface area contributed by atoms with Crippen LogP contribution in [0.1, 0.15) is 4.88 Å². The Hall–Kier alpha value is -1.08. The maximum Gasteiger partial charge on any atom is 0.195 e. The summed E-state index contributed by atoms with van der Waals surface area (Å²) >= 11 is 9.21. The number of aromatic nitrogens is 3. The first-order valence-corrected chi connectivity index (χ1v) is 8.38. The van der Waals surface area contributed by atoms with E-state index in [-0.39, 0.29) is 0 Å². The normalized spacial score (nSPS) is 11.2. The second kappa shape index (κ2) is 6.58. The molecule has 0 radical (unpaired) electrons. The van der Waals surface area contributed by atoms with Crippen LogP contribution in [0.15, 0.2) is 41.7 Å². The highest BCUT2D eigenvalue weighted by Crippen LogP contribution is 2.21. The third kappa shape index (κ3) is 3.32. The van der Waals surface area contributed by atoms with Crippen LogP contribution >= 0.6 is 34.7 Å². The fourth-order valence-electron chi connectivity index (χ4n) is 1.79. The van der Waals surface area contributed by atoms with E-state index in [1.54, 1.807) is 23.1 Å². The third-order valence-electron chi connectivity index (χ3n) is 2.72. The predicted molar refractivity (Wildman–Crippen MR) is 84.7 cm³/mol. The lowest BCUT2D eigenvalue weighted by molar-refractivity contribution is 0.739. The second-order valence-corrected chi connectivity index (χ2v) is 7.00. The van der Waals surface area contributed by atoms with Crippen LogP contribution in [-0.2, 0) is 6.54 Å². The largest absolute Gasteiger partial charge is 0.311 e. The summed E-state index contributed by atoms with van der Waals surface area (Å²) in [5, 5.41) is 12.6. The molecule has 0 aromatic carbocycles. The van der Waals surface area contributed by atoms with Crippen LogP contribution in [-0.4, -0.2) is 26.9 Å². The number of hydrogen-bond acceptors (Lipinski definition) is 5. The van der Waals surface area contributed by atoms with Crippen molar-refractivity contribution in [2.45, 2.75) is 11.7 Å². The molecule has 0 atom stereocenters. The van der Waals surface area contributed by atoms with E-state index in [0.717, 1.165) is 34.0 Å². The quantitative estimate of drug-likeness (QED) is 0.558. The molecule has 0 spiro atoms. The molecule has 3 aromatic heterocycles. The van der Waals surface area contributed by atoms with Crippen LogP contribution < -0.4 is 5.32 Å². The molecule has 0 fully saturated rings. The predicted octanol–water partition coefficient (Wildman–Crippen LogP) is 3.33. The molecule has 7 heteroatoms. The molecule has 20 heavy (non-hydrogen) atoms. The van der Waals surface area contributed by atoms with Gasteiger partial charge in [0.15, 0.2) is 10.8 Å². The molecule has 104 valence electrons. The SMILES string of the molecule is Clc1ccc(CNCCSc2nnc3ccccn23)s1. The molecular formula is C13H13ClN4S2. The van der Waals surface area contributed by atoms with Crippen LogP contribution in [0, 0.1) is 0 Å². The maximum absolute atomic E-state index is 5.89. The van der Waals surface area contributed by atoms with E-state index in [2.05, 4.69) is 21.6 Å². The Kier molecular flexibility index (Phi) is 4.57. The van der Waals surface area contributed by atoms with Gasteiger partial charge in [0.25, 0.3) is 0 Å². The Balaban J connectivity index is 1.46. The highest BCUT2D eigenvalue weighted by atomic mass is 35.5. The molecule has 0 unspecified atom stereocenters. The van der Waals surface area contributed by atoms with E-state index >= 15 is 0 Å². The number of thioether (sulfide) groups is 1. The van der Waals surface area contributed by atoms with Crippen molar-refractivity contribution in [2.75, 3.05) is 12.3 Å². The molecular weight excluding hydrogens is 312 g/mol. The highest BCUT2D eigenvalue weighted by Gasteiger charge is 2.04. The lowest BCUT2D eigenvalue weighted by atomic mass is 10.4. The van der Waals surface area contributed by atoms with E-state index in [1.807, 2.05) is 34.9 Å². The van der Waals surface area contributed by atoms with Crippen LogP contribution in [0.3, 0.4) is 0 Å². The van der Waals surface area contributed by atoms with Gasteiger partial charge in [-0.15, -0.1) is 21.5 Å². The van der Waals surface area contributed by atoms with Crippen molar-refractivity contribution in [3.63, 3.8) is 0 Å². The van der Waals surface area contributed by atoms with Gasteiger partial charge in [0.2, 0.25) is 0 Å². The van der Waals surface area contributed by atoms with Gasteiger partial charge in [-0.2, -0.15) is 0 Å². The second-order valence-electron chi connectivity index (χ2n) is 4.14. The summed E-state index contributed by atoms with van der Waals surface area (Å²) in [7, 11) is 0. The summed E-state index contributed by atoms with van der Waals surface area (Å²) in [6.45, 7) is 1.78. The van der Waals surface area contributed by atoms with E-state index in [4.69, 9.17) is 11.6 Å². The van der Waals surface area contributed by atoms with Gasteiger partial charge in [0.05, 0.1) is 4.34 Å². The Morgan fingerprint density at radius 3 is 3.05 bits per heavy atom. The van der Waals surface area contributed by atoms with Gasteiger partial charge in [0, 0.05) is 29.9 Å². The first-order chi connectivity index (χ1) is 9.83. The fraction of sp³-hybridized carbons (Fsp3) is 0.231. The van der Waals surface area contributed by atoms with Crippen molar-refractivity contribution in [2.24, 2.45) is 0 Å². The number of thiophene rings is 1. The van der Waals surface area contributed by atoms with E-state index < -0.39 is 0 Å². The summed E-state index contributed by atoms with van der Waals surface area (Å²) in [5.41, 5.74) is 0.885. The van der Waals surface area contributed by atoms with E-state index in [1.165, 1.54) is 4.88 Å². The van der Waals surface area contributed by atoms with Gasteiger partial charge >= 0.3 is 0 Å². The lowest BCUT2D eigenvalue weighted by Crippen LogP contribution is -2.15. The van der Waals surface area contributed by atoms with Crippen molar-refractivity contribution in [1.82, 2.24) is 19.9 Å². The Morgan fingerprint density at radius 1 is 1.25 bits per heavy atom. The molecule has 0 aliphatic carbocycles. The monoisotopic (exact) mass is 324 g/mol. The van der Waals surface area contributed by atoms with Gasteiger partial charge in [-0.05, 0) is 24.3 Å². The Bertz CT molecular complexity index is 694. The van der Waals surface area contributed by atoms with Crippen LogP contribution in [0.2, 0.25) is 4.34 Å². The minimum absolute atomic E-state index is 0.839. The number of pyridine rings is 1. The zero-order valence-electron chi connectivity index (χ0n) is 10.6. The summed E-state index contributed by atoms with van der Waals surface area (Å²) in [4.78, 5) is 1.26. The fourth-order valence-corrected chi connectivity index (χ4v) is 3.67. The lowest BCUT2D eigenvalue weighted by Gasteiger charge is -2.02. The van der Waals surface area contributed by atoms with Crippen molar-refractivity contribution < 1.29 is 0 Å². The number of fused-ring (bicyclic) bond motifs is 1. The molecule has 0 aliphatic rings. The Labute approximate surface area is 130 Å². The smallest absolute Gasteiger partial charge is 0.195 e. The molecule has 0 amide bonds. The average Bonchev–Trinajstić information content (AvgIpc) is 3.05. The maximum atomic E-state index is 5.89. The van der Waals surface area contributed by atoms with Gasteiger partial charge in [-0.25, -0.2) is 0 Å². The number of rotatable bonds is 6. The summed E-state index contributed by atoms with van der Waals surface area (Å²) in [5.74, 6) is 0.953. The molecule has 3 aromatic rings. The summed E-state index contributed by atoms with van der Waals surface area (Å²) < 4.78 is 2.84. The third-order valence-corrected chi connectivity index (χ3v) is 4.90. The molecule has 0 aliphatic heterocycles. The van der Waals surface area contributed by atoms with Crippen molar-refractivity contribution in [1.29, 1.82) is 0 Å². The van der Waals surface area contributed by atoms with Crippen molar-refractivity contribution >= 4 is 40.3 Å². The molecule has 0 saturated heterocycles. The van der Waals surface area contributed by atoms with Gasteiger partial charge in [0.1, 0.15) is 0 Å². The highest BCUT2D eigenvalue weighted by molar-refractivity contribution is 7.99. The Morgan fingerprint density at radius 2 is 2.20 bits per heavy atom. The van der Waals surface area contributed by atoms with Crippen LogP contribution in [0.4, 0.5) is 0 Å². The van der Waals surface area contributed by atoms with Gasteiger partial charge < -0.3 is 5.32 Å². The first kappa shape index (κ1) is 13.9. The van der Waals surface area contributed by atoms with Crippen molar-refractivity contribution in [3.8, 4) is 0 Å². The van der Waals surface area contributed by atoms with E-state index in [9.17, 15) is 0 Å². The summed E-state index contributed by atoms with van der Waals surface area (Å²) in [6, 6.07) is 9.89. The molecule has 0 saturated carbocycles. The number of hydrogen-bond donors (Lipinski definition) is 1. The van der Waals surface area contributed by atoms with Gasteiger partial charge in [-0.3, -0.25) is 4.40 Å². The average molecular weight is 325 g/mol. The molecule has 3 heterocycles. The summed E-state index contributed by atoms with van der Waals surface area (Å²) in [6.07, 6.45) is 1.98. The molecule has 4 nitrogen and oxygen atoms in total. The zero-order valence-corrected chi connectivity index (χ0v) is 13.0. The van der Waals surface area contributed by atoms with Crippen molar-refractivity contribution in [3.05, 3.63) is 45.7 Å². The zero-order chi connectivity index (χ0) is 13.8. The topological polar surface area (TPSA) is 42.2 Å². The first-order valence-electron chi connectivity index (χ1n) is 6.20. The number of nitrogens with zero attached hydrogens (tertiary/aromatic N) is 3. The molecule has 3 rings (SSSR count). The van der Waals surface area contributed by atoms with Crippen LogP contribution in [0.25, 0.3) is 5.65 Å². The molecule has 1 N–H and O–H groups in total. The number of nitrogens with one attached hydrogen (secondary N) is 1. The molecule has 0 bridgehead atoms.